The average molecular weight is 495 g/mol. The number of carbonyl (C=O) groups excluding carboxylic acids is 1. The lowest BCUT2D eigenvalue weighted by atomic mass is 9.95. The lowest BCUT2D eigenvalue weighted by Crippen LogP contribution is -2.37. The Morgan fingerprint density at radius 2 is 1.91 bits per heavy atom. The second kappa shape index (κ2) is 8.10. The first-order valence-corrected chi connectivity index (χ1v) is 10.4. The smallest absolute Gasteiger partial charge is 0.334 e. The highest BCUT2D eigenvalue weighted by molar-refractivity contribution is 6.34. The number of pyridine rings is 1. The van der Waals surface area contributed by atoms with Crippen molar-refractivity contribution in [3.63, 3.8) is 0 Å². The van der Waals surface area contributed by atoms with Gasteiger partial charge in [-0.05, 0) is 35.7 Å². The van der Waals surface area contributed by atoms with E-state index >= 15 is 0 Å². The van der Waals surface area contributed by atoms with Gasteiger partial charge in [-0.2, -0.15) is 18.6 Å². The number of nitrogens with zero attached hydrogens (tertiary/aromatic N) is 3. The van der Waals surface area contributed by atoms with Crippen LogP contribution in [0.3, 0.4) is 0 Å². The first kappa shape index (κ1) is 22.4. The van der Waals surface area contributed by atoms with Crippen molar-refractivity contribution >= 4 is 39.2 Å². The quantitative estimate of drug-likeness (QED) is 0.424. The number of hydrogen-bond donors (Lipinski definition) is 1. The van der Waals surface area contributed by atoms with Crippen molar-refractivity contribution in [2.45, 2.75) is 19.2 Å². The van der Waals surface area contributed by atoms with E-state index in [-0.39, 0.29) is 45.6 Å². The van der Waals surface area contributed by atoms with Crippen LogP contribution in [0.25, 0.3) is 21.7 Å². The van der Waals surface area contributed by atoms with Crippen LogP contribution < -0.4 is 5.56 Å². The predicted molar refractivity (Wildman–Crippen MR) is 115 cm³/mol. The van der Waals surface area contributed by atoms with E-state index in [1.54, 1.807) is 0 Å². The molecule has 0 spiro atoms. The highest BCUT2D eigenvalue weighted by Gasteiger charge is 2.32. The van der Waals surface area contributed by atoms with E-state index in [9.17, 15) is 27.2 Å². The zero-order valence-electron chi connectivity index (χ0n) is 17.4. The van der Waals surface area contributed by atoms with Crippen LogP contribution in [0, 0.1) is 11.6 Å². The summed E-state index contributed by atoms with van der Waals surface area (Å²) in [5.41, 5.74) is 0.419. The first-order chi connectivity index (χ1) is 16.2. The number of H-pyrrole nitrogens is 1. The molecule has 1 atom stereocenters. The van der Waals surface area contributed by atoms with Crippen LogP contribution in [0.1, 0.15) is 34.2 Å². The van der Waals surface area contributed by atoms with Gasteiger partial charge in [-0.15, -0.1) is 0 Å². The molecule has 5 rings (SSSR count). The number of rotatable bonds is 3. The maximum atomic E-state index is 14.1. The van der Waals surface area contributed by atoms with Crippen LogP contribution >= 0.6 is 11.6 Å². The standard InChI is InChI=1S/C22H15ClF4N4O3/c1-30(21(33)9-2-3-10-15(4-9)29-31(19(10)23)22(26)27)17-8-34-7-16-18(17)11-5-13(24)14(25)6-12(11)20(32)28-16/h2-6,17,22H,7-8H2,1H3,(H,28,32)/t17-/m1/s1. The number of carbonyl (C=O) groups is 1. The van der Waals surface area contributed by atoms with Gasteiger partial charge in [0.1, 0.15) is 5.15 Å². The number of aromatic amines is 1. The largest absolute Gasteiger partial charge is 0.373 e. The van der Waals surface area contributed by atoms with E-state index in [0.717, 1.165) is 12.1 Å². The number of nitrogens with one attached hydrogen (secondary N) is 1. The summed E-state index contributed by atoms with van der Waals surface area (Å²) < 4.78 is 60.0. The van der Waals surface area contributed by atoms with Crippen molar-refractivity contribution in [2.75, 3.05) is 13.7 Å². The highest BCUT2D eigenvalue weighted by Crippen LogP contribution is 2.35. The number of alkyl halides is 2. The van der Waals surface area contributed by atoms with Crippen LogP contribution in [0.2, 0.25) is 5.15 Å². The molecule has 1 N–H and O–H groups in total. The number of hydrogen-bond acceptors (Lipinski definition) is 4. The molecule has 0 saturated heterocycles. The molecule has 0 saturated carbocycles. The van der Waals surface area contributed by atoms with Gasteiger partial charge in [0, 0.05) is 29.3 Å². The Kier molecular flexibility index (Phi) is 5.33. The van der Waals surface area contributed by atoms with Gasteiger partial charge in [-0.1, -0.05) is 11.6 Å². The maximum Gasteiger partial charge on any atom is 0.334 e. The molecule has 1 aliphatic heterocycles. The van der Waals surface area contributed by atoms with E-state index in [0.29, 0.717) is 15.9 Å². The molecule has 2 aromatic carbocycles. The van der Waals surface area contributed by atoms with Crippen molar-refractivity contribution in [1.29, 1.82) is 0 Å². The van der Waals surface area contributed by atoms with Crippen molar-refractivity contribution < 1.29 is 27.1 Å². The van der Waals surface area contributed by atoms with Gasteiger partial charge in [0.25, 0.3) is 11.5 Å². The fourth-order valence-corrected chi connectivity index (χ4v) is 4.50. The summed E-state index contributed by atoms with van der Waals surface area (Å²) in [6.45, 7) is -2.89. The zero-order valence-corrected chi connectivity index (χ0v) is 18.2. The Balaban J connectivity index is 1.58. The molecule has 1 amide bonds. The topological polar surface area (TPSA) is 80.2 Å². The SMILES string of the molecule is CN(C(=O)c1ccc2c(Cl)n(C(F)F)nc2c1)[C@@H]1COCc2[nH]c(=O)c3cc(F)c(F)cc3c21. The Hall–Kier alpha value is -3.44. The van der Waals surface area contributed by atoms with Crippen LogP contribution in [0.4, 0.5) is 17.6 Å². The summed E-state index contributed by atoms with van der Waals surface area (Å²) in [6.07, 6.45) is 0. The molecule has 0 radical (unpaired) electrons. The number of ether oxygens (including phenoxy) is 1. The number of aromatic nitrogens is 3. The van der Waals surface area contributed by atoms with E-state index in [1.807, 2.05) is 0 Å². The molecular formula is C22H15ClF4N4O3. The maximum absolute atomic E-state index is 14.1. The minimum absolute atomic E-state index is 0.0214. The molecule has 12 heteroatoms. The summed E-state index contributed by atoms with van der Waals surface area (Å²) in [5.74, 6) is -2.80. The van der Waals surface area contributed by atoms with Gasteiger partial charge in [-0.3, -0.25) is 9.59 Å². The van der Waals surface area contributed by atoms with Crippen LogP contribution in [-0.4, -0.2) is 39.2 Å². The summed E-state index contributed by atoms with van der Waals surface area (Å²) in [4.78, 5) is 29.6. The van der Waals surface area contributed by atoms with Gasteiger partial charge < -0.3 is 14.6 Å². The number of benzene rings is 2. The molecule has 0 fully saturated rings. The third-order valence-corrected chi connectivity index (χ3v) is 6.27. The normalized spacial score (nSPS) is 15.8. The molecule has 0 aliphatic carbocycles. The van der Waals surface area contributed by atoms with E-state index < -0.39 is 35.7 Å². The molecular weight excluding hydrogens is 480 g/mol. The minimum Gasteiger partial charge on any atom is -0.373 e. The second-order valence-electron chi connectivity index (χ2n) is 7.85. The number of amides is 1. The predicted octanol–water partition coefficient (Wildman–Crippen LogP) is 4.55. The fourth-order valence-electron chi connectivity index (χ4n) is 4.23. The van der Waals surface area contributed by atoms with Gasteiger partial charge in [0.05, 0.1) is 30.2 Å². The Morgan fingerprint density at radius 1 is 1.21 bits per heavy atom. The first-order valence-electron chi connectivity index (χ1n) is 10.0. The number of fused-ring (bicyclic) bond motifs is 4. The van der Waals surface area contributed by atoms with Crippen molar-refractivity contribution in [3.05, 3.63) is 74.3 Å². The molecule has 3 heterocycles. The molecule has 1 aliphatic rings. The molecule has 2 aromatic heterocycles. The molecule has 176 valence electrons. The number of likely N-dealkylation sites (N-methyl/N-ethyl adjacent to an activating group) is 1. The van der Waals surface area contributed by atoms with Crippen molar-refractivity contribution in [3.8, 4) is 0 Å². The highest BCUT2D eigenvalue weighted by atomic mass is 35.5. The van der Waals surface area contributed by atoms with E-state index in [1.165, 1.54) is 30.1 Å². The monoisotopic (exact) mass is 494 g/mol. The van der Waals surface area contributed by atoms with Crippen LogP contribution in [-0.2, 0) is 11.3 Å². The third-order valence-electron chi connectivity index (χ3n) is 5.90. The third kappa shape index (κ3) is 3.43. The van der Waals surface area contributed by atoms with Gasteiger partial charge >= 0.3 is 6.55 Å². The molecule has 7 nitrogen and oxygen atoms in total. The van der Waals surface area contributed by atoms with Crippen LogP contribution in [0.5, 0.6) is 0 Å². The zero-order chi connectivity index (χ0) is 24.3. The second-order valence-corrected chi connectivity index (χ2v) is 8.21. The van der Waals surface area contributed by atoms with E-state index in [2.05, 4.69) is 10.1 Å². The Bertz CT molecular complexity index is 1530. The lowest BCUT2D eigenvalue weighted by molar-refractivity contribution is 0.0336. The summed E-state index contributed by atoms with van der Waals surface area (Å²) >= 11 is 5.94. The molecule has 34 heavy (non-hydrogen) atoms. The van der Waals surface area contributed by atoms with Gasteiger partial charge in [0.15, 0.2) is 11.6 Å². The van der Waals surface area contributed by atoms with Gasteiger partial charge in [0.2, 0.25) is 0 Å². The van der Waals surface area contributed by atoms with Gasteiger partial charge in [-0.25, -0.2) is 8.78 Å². The summed E-state index contributed by atoms with van der Waals surface area (Å²) in [6, 6.07) is 5.17. The summed E-state index contributed by atoms with van der Waals surface area (Å²) in [7, 11) is 1.48. The van der Waals surface area contributed by atoms with E-state index in [4.69, 9.17) is 16.3 Å². The average Bonchev–Trinajstić information content (AvgIpc) is 3.15. The Morgan fingerprint density at radius 3 is 2.62 bits per heavy atom. The molecule has 0 bridgehead atoms. The molecule has 4 aromatic rings. The Labute approximate surface area is 193 Å². The van der Waals surface area contributed by atoms with Crippen LogP contribution in [0.15, 0.2) is 35.1 Å². The number of halogens is 5. The fraction of sp³-hybridized carbons (Fsp3) is 0.227. The lowest BCUT2D eigenvalue weighted by Gasteiger charge is -2.34. The van der Waals surface area contributed by atoms with Crippen molar-refractivity contribution in [1.82, 2.24) is 19.7 Å². The minimum atomic E-state index is -2.95. The van der Waals surface area contributed by atoms with Crippen molar-refractivity contribution in [2.24, 2.45) is 0 Å². The molecule has 0 unspecified atom stereocenters. The summed E-state index contributed by atoms with van der Waals surface area (Å²) in [5, 5.41) is 3.87.